The molecule has 0 aromatic carbocycles. The van der Waals surface area contributed by atoms with Crippen LogP contribution in [0.4, 0.5) is 0 Å². The Balaban J connectivity index is 2.04. The first-order valence-corrected chi connectivity index (χ1v) is 6.35. The number of ether oxygens (including phenoxy) is 1. The normalized spacial score (nSPS) is 46.9. The van der Waals surface area contributed by atoms with Crippen LogP contribution in [-0.2, 0) is 14.3 Å². The Morgan fingerprint density at radius 3 is 2.76 bits per heavy atom. The zero-order valence-electron chi connectivity index (χ0n) is 10.2. The van der Waals surface area contributed by atoms with Gasteiger partial charge in [0.1, 0.15) is 5.78 Å². The molecule has 4 atom stereocenters. The number of fused-ring (bicyclic) bond motifs is 4. The van der Waals surface area contributed by atoms with Gasteiger partial charge in [-0.25, -0.2) is 4.79 Å². The minimum Gasteiger partial charge on any atom is -0.479 e. The molecule has 4 heteroatoms. The summed E-state index contributed by atoms with van der Waals surface area (Å²) in [6, 6.07) is 0. The van der Waals surface area contributed by atoms with Crippen LogP contribution in [-0.4, -0.2) is 28.1 Å². The van der Waals surface area contributed by atoms with Crippen LogP contribution in [0.2, 0.25) is 0 Å². The van der Waals surface area contributed by atoms with Crippen molar-refractivity contribution in [3.05, 3.63) is 0 Å². The quantitative estimate of drug-likeness (QED) is 0.754. The van der Waals surface area contributed by atoms with E-state index >= 15 is 0 Å². The number of rotatable bonds is 1. The summed E-state index contributed by atoms with van der Waals surface area (Å²) < 4.78 is 5.89. The van der Waals surface area contributed by atoms with Crippen molar-refractivity contribution in [1.29, 1.82) is 0 Å². The Morgan fingerprint density at radius 1 is 1.41 bits per heavy atom. The molecule has 0 aromatic rings. The lowest BCUT2D eigenvalue weighted by Gasteiger charge is -2.60. The van der Waals surface area contributed by atoms with Crippen LogP contribution in [0.15, 0.2) is 0 Å². The SMILES string of the molecule is CC1(C)CC(=O)[C@@H]2C3CCCC3[C@]2(C(=O)O)O1. The maximum absolute atomic E-state index is 12.2. The zero-order valence-corrected chi connectivity index (χ0v) is 10.2. The topological polar surface area (TPSA) is 63.6 Å². The summed E-state index contributed by atoms with van der Waals surface area (Å²) in [5, 5.41) is 9.54. The van der Waals surface area contributed by atoms with E-state index in [9.17, 15) is 14.7 Å². The smallest absolute Gasteiger partial charge is 0.337 e. The molecule has 3 fully saturated rings. The van der Waals surface area contributed by atoms with Gasteiger partial charge in [0.25, 0.3) is 0 Å². The van der Waals surface area contributed by atoms with Crippen LogP contribution in [0.3, 0.4) is 0 Å². The van der Waals surface area contributed by atoms with Gasteiger partial charge in [-0.3, -0.25) is 4.79 Å². The van der Waals surface area contributed by atoms with Crippen molar-refractivity contribution in [3.8, 4) is 0 Å². The third-order valence-electron chi connectivity index (χ3n) is 4.74. The number of carbonyl (C=O) groups is 2. The molecule has 1 saturated heterocycles. The van der Waals surface area contributed by atoms with E-state index in [0.717, 1.165) is 19.3 Å². The molecule has 1 N–H and O–H groups in total. The Kier molecular flexibility index (Phi) is 2.05. The van der Waals surface area contributed by atoms with E-state index in [0.29, 0.717) is 6.42 Å². The summed E-state index contributed by atoms with van der Waals surface area (Å²) in [5.74, 6) is -0.928. The van der Waals surface area contributed by atoms with Gasteiger partial charge in [-0.1, -0.05) is 6.42 Å². The van der Waals surface area contributed by atoms with Crippen molar-refractivity contribution in [2.45, 2.75) is 50.7 Å². The summed E-state index contributed by atoms with van der Waals surface area (Å²) >= 11 is 0. The average Bonchev–Trinajstić information content (AvgIpc) is 2.56. The number of Topliss-reactive ketones (excluding diaryl/α,β-unsaturated/α-hetero) is 1. The van der Waals surface area contributed by atoms with E-state index in [1.54, 1.807) is 0 Å². The molecule has 4 nitrogen and oxygen atoms in total. The Labute approximate surface area is 100 Å². The number of aliphatic carboxylic acids is 1. The molecular formula is C13H18O4. The van der Waals surface area contributed by atoms with Gasteiger partial charge < -0.3 is 9.84 Å². The summed E-state index contributed by atoms with van der Waals surface area (Å²) in [5.41, 5.74) is -1.85. The van der Waals surface area contributed by atoms with Crippen molar-refractivity contribution in [2.24, 2.45) is 17.8 Å². The Hall–Kier alpha value is -0.900. The highest BCUT2D eigenvalue weighted by Crippen LogP contribution is 2.63. The minimum atomic E-state index is -1.21. The standard InChI is InChI=1S/C13H18O4/c1-12(2)6-9(14)10-7-4-3-5-8(7)13(10,17-12)11(15)16/h7-8,10H,3-6H2,1-2H3,(H,15,16)/t7?,8?,10-,13-/m0/s1. The average molecular weight is 238 g/mol. The molecule has 0 bridgehead atoms. The van der Waals surface area contributed by atoms with Crippen LogP contribution in [0.1, 0.15) is 39.5 Å². The Bertz CT molecular complexity index is 400. The lowest BCUT2D eigenvalue weighted by Crippen LogP contribution is -2.73. The fraction of sp³-hybridized carbons (Fsp3) is 0.846. The number of carboxylic acid groups (broad SMARTS) is 1. The number of carboxylic acids is 1. The third-order valence-corrected chi connectivity index (χ3v) is 4.74. The second-order valence-corrected chi connectivity index (χ2v) is 6.28. The van der Waals surface area contributed by atoms with Gasteiger partial charge >= 0.3 is 5.97 Å². The number of carbonyl (C=O) groups excluding carboxylic acids is 1. The van der Waals surface area contributed by atoms with Gasteiger partial charge in [-0.15, -0.1) is 0 Å². The highest BCUT2D eigenvalue weighted by molar-refractivity contribution is 5.95. The van der Waals surface area contributed by atoms with Crippen molar-refractivity contribution in [3.63, 3.8) is 0 Å². The van der Waals surface area contributed by atoms with Gasteiger partial charge in [-0.05, 0) is 32.6 Å². The predicted octanol–water partition coefficient (Wildman–Crippen LogP) is 1.62. The molecule has 94 valence electrons. The fourth-order valence-corrected chi connectivity index (χ4v) is 4.33. The van der Waals surface area contributed by atoms with E-state index in [-0.39, 0.29) is 23.5 Å². The molecular weight excluding hydrogens is 220 g/mol. The summed E-state index contributed by atoms with van der Waals surface area (Å²) in [4.78, 5) is 23.8. The van der Waals surface area contributed by atoms with Crippen LogP contribution < -0.4 is 0 Å². The molecule has 2 aliphatic carbocycles. The van der Waals surface area contributed by atoms with Gasteiger partial charge in [0, 0.05) is 12.3 Å². The maximum atomic E-state index is 12.2. The molecule has 1 aliphatic heterocycles. The first-order valence-electron chi connectivity index (χ1n) is 6.35. The highest BCUT2D eigenvalue weighted by Gasteiger charge is 2.74. The molecule has 3 aliphatic rings. The van der Waals surface area contributed by atoms with Gasteiger partial charge in [0.05, 0.1) is 11.5 Å². The maximum Gasteiger partial charge on any atom is 0.337 e. The van der Waals surface area contributed by atoms with Crippen LogP contribution in [0.5, 0.6) is 0 Å². The van der Waals surface area contributed by atoms with E-state index in [2.05, 4.69) is 0 Å². The largest absolute Gasteiger partial charge is 0.479 e. The van der Waals surface area contributed by atoms with Crippen molar-refractivity contribution in [2.75, 3.05) is 0 Å². The highest BCUT2D eigenvalue weighted by atomic mass is 16.6. The number of hydrogen-bond donors (Lipinski definition) is 1. The number of ketones is 1. The molecule has 2 saturated carbocycles. The van der Waals surface area contributed by atoms with Crippen LogP contribution >= 0.6 is 0 Å². The number of hydrogen-bond acceptors (Lipinski definition) is 3. The molecule has 0 aromatic heterocycles. The molecule has 17 heavy (non-hydrogen) atoms. The molecule has 3 rings (SSSR count). The first-order chi connectivity index (χ1) is 7.88. The minimum absolute atomic E-state index is 0.0496. The van der Waals surface area contributed by atoms with E-state index in [4.69, 9.17) is 4.74 Å². The Morgan fingerprint density at radius 2 is 2.12 bits per heavy atom. The van der Waals surface area contributed by atoms with Crippen LogP contribution in [0, 0.1) is 17.8 Å². The van der Waals surface area contributed by atoms with E-state index < -0.39 is 17.2 Å². The monoisotopic (exact) mass is 238 g/mol. The molecule has 1 heterocycles. The van der Waals surface area contributed by atoms with Gasteiger partial charge in [0.2, 0.25) is 0 Å². The zero-order chi connectivity index (χ0) is 12.4. The second-order valence-electron chi connectivity index (χ2n) is 6.28. The first kappa shape index (κ1) is 11.2. The van der Waals surface area contributed by atoms with Gasteiger partial charge in [0.15, 0.2) is 5.60 Å². The molecule has 0 radical (unpaired) electrons. The van der Waals surface area contributed by atoms with Crippen molar-refractivity contribution >= 4 is 11.8 Å². The molecule has 0 amide bonds. The molecule has 2 unspecified atom stereocenters. The van der Waals surface area contributed by atoms with E-state index in [1.807, 2.05) is 13.8 Å². The van der Waals surface area contributed by atoms with E-state index in [1.165, 1.54) is 0 Å². The second kappa shape index (κ2) is 3.10. The summed E-state index contributed by atoms with van der Waals surface area (Å²) in [6.07, 6.45) is 3.24. The summed E-state index contributed by atoms with van der Waals surface area (Å²) in [6.45, 7) is 3.63. The van der Waals surface area contributed by atoms with Crippen molar-refractivity contribution in [1.82, 2.24) is 0 Å². The van der Waals surface area contributed by atoms with Gasteiger partial charge in [-0.2, -0.15) is 0 Å². The third kappa shape index (κ3) is 1.22. The lowest BCUT2D eigenvalue weighted by molar-refractivity contribution is -0.277. The van der Waals surface area contributed by atoms with Crippen molar-refractivity contribution < 1.29 is 19.4 Å². The molecule has 0 spiro atoms. The summed E-state index contributed by atoms with van der Waals surface area (Å²) in [7, 11) is 0. The fourth-order valence-electron chi connectivity index (χ4n) is 4.33. The predicted molar refractivity (Wildman–Crippen MR) is 59.5 cm³/mol. The lowest BCUT2D eigenvalue weighted by atomic mass is 9.51. The van der Waals surface area contributed by atoms with Crippen LogP contribution in [0.25, 0.3) is 0 Å².